The molecule has 1 unspecified atom stereocenters. The predicted octanol–water partition coefficient (Wildman–Crippen LogP) is 5.81. The second kappa shape index (κ2) is 9.37. The molecule has 33 heavy (non-hydrogen) atoms. The molecule has 2 aromatic heterocycles. The topological polar surface area (TPSA) is 74.9 Å². The van der Waals surface area contributed by atoms with E-state index in [0.717, 1.165) is 47.2 Å². The normalized spacial score (nSPS) is 15.1. The number of benzene rings is 2. The number of hydrogen-bond acceptors (Lipinski definition) is 6. The zero-order valence-corrected chi connectivity index (χ0v) is 20.0. The van der Waals surface area contributed by atoms with Crippen LogP contribution in [0.5, 0.6) is 5.75 Å². The van der Waals surface area contributed by atoms with Crippen LogP contribution in [-0.4, -0.2) is 28.1 Å². The molecule has 0 fully saturated rings. The zero-order valence-electron chi connectivity index (χ0n) is 19.2. The highest BCUT2D eigenvalue weighted by atomic mass is 32.1. The molecular formula is C26H29N5OS. The Morgan fingerprint density at radius 2 is 2.12 bits per heavy atom. The van der Waals surface area contributed by atoms with Crippen LogP contribution in [0, 0.1) is 0 Å². The number of hydrogen-bond donors (Lipinski definition) is 3. The van der Waals surface area contributed by atoms with Crippen LogP contribution in [0.2, 0.25) is 0 Å². The Bertz CT molecular complexity index is 1230. The Kier molecular flexibility index (Phi) is 6.15. The van der Waals surface area contributed by atoms with Crippen molar-refractivity contribution < 1.29 is 4.74 Å². The summed E-state index contributed by atoms with van der Waals surface area (Å²) >= 11 is 1.74. The standard InChI is InChI=1S/C26H29N5OS/c1-16(2)32-23-10-7-17(13-22(23)27-3)26-31-14-24(33-26)20-6-4-5-19-18(20)8-9-21(19)30-15-25-28-11-12-29-25/h4-7,10-14,16,21,27,30H,8-9,15H2,1-3H3,(H,28,29). The van der Waals surface area contributed by atoms with E-state index in [4.69, 9.17) is 9.72 Å². The molecule has 0 bridgehead atoms. The second-order valence-corrected chi connectivity index (χ2v) is 9.57. The van der Waals surface area contributed by atoms with Gasteiger partial charge in [0, 0.05) is 37.2 Å². The molecule has 170 valence electrons. The summed E-state index contributed by atoms with van der Waals surface area (Å²) in [5, 5.41) is 7.92. The molecule has 5 rings (SSSR count). The van der Waals surface area contributed by atoms with Crippen molar-refractivity contribution in [3.63, 3.8) is 0 Å². The van der Waals surface area contributed by atoms with Gasteiger partial charge in [-0.15, -0.1) is 11.3 Å². The Morgan fingerprint density at radius 1 is 1.21 bits per heavy atom. The Labute approximate surface area is 198 Å². The molecule has 4 aromatic rings. The molecule has 0 radical (unpaired) electrons. The minimum absolute atomic E-state index is 0.131. The largest absolute Gasteiger partial charge is 0.489 e. The van der Waals surface area contributed by atoms with E-state index in [1.165, 1.54) is 21.6 Å². The summed E-state index contributed by atoms with van der Waals surface area (Å²) in [5.41, 5.74) is 6.19. The van der Waals surface area contributed by atoms with Gasteiger partial charge in [0.25, 0.3) is 0 Å². The summed E-state index contributed by atoms with van der Waals surface area (Å²) in [6.45, 7) is 4.82. The van der Waals surface area contributed by atoms with Gasteiger partial charge in [0.1, 0.15) is 16.6 Å². The van der Waals surface area contributed by atoms with Gasteiger partial charge < -0.3 is 20.4 Å². The maximum atomic E-state index is 5.91. The Balaban J connectivity index is 1.39. The average Bonchev–Trinajstić information content (AvgIpc) is 3.58. The van der Waals surface area contributed by atoms with Gasteiger partial charge in [-0.2, -0.15) is 0 Å². The van der Waals surface area contributed by atoms with Gasteiger partial charge in [-0.3, -0.25) is 0 Å². The summed E-state index contributed by atoms with van der Waals surface area (Å²) in [5.74, 6) is 1.83. The average molecular weight is 460 g/mol. The van der Waals surface area contributed by atoms with E-state index in [9.17, 15) is 0 Å². The molecule has 0 spiro atoms. The molecule has 6 nitrogen and oxygen atoms in total. The number of anilines is 1. The van der Waals surface area contributed by atoms with Crippen molar-refractivity contribution in [1.29, 1.82) is 0 Å². The molecule has 0 amide bonds. The van der Waals surface area contributed by atoms with Gasteiger partial charge >= 0.3 is 0 Å². The fourth-order valence-corrected chi connectivity index (χ4v) is 5.42. The van der Waals surface area contributed by atoms with Crippen LogP contribution >= 0.6 is 11.3 Å². The van der Waals surface area contributed by atoms with Gasteiger partial charge in [0.15, 0.2) is 0 Å². The number of H-pyrrole nitrogens is 1. The first-order valence-electron chi connectivity index (χ1n) is 11.4. The minimum atomic E-state index is 0.131. The molecule has 0 aliphatic heterocycles. The number of nitrogens with zero attached hydrogens (tertiary/aromatic N) is 2. The van der Waals surface area contributed by atoms with Gasteiger partial charge in [0.05, 0.1) is 23.2 Å². The molecule has 1 aliphatic rings. The van der Waals surface area contributed by atoms with E-state index in [1.807, 2.05) is 39.4 Å². The fraction of sp³-hybridized carbons (Fsp3) is 0.308. The molecule has 3 N–H and O–H groups in total. The summed E-state index contributed by atoms with van der Waals surface area (Å²) in [4.78, 5) is 13.5. The highest BCUT2D eigenvalue weighted by molar-refractivity contribution is 7.18. The summed E-state index contributed by atoms with van der Waals surface area (Å²) in [6, 6.07) is 13.2. The minimum Gasteiger partial charge on any atom is -0.489 e. The van der Waals surface area contributed by atoms with Crippen LogP contribution in [0.15, 0.2) is 55.0 Å². The fourth-order valence-electron chi connectivity index (χ4n) is 4.46. The van der Waals surface area contributed by atoms with E-state index < -0.39 is 0 Å². The number of nitrogens with one attached hydrogen (secondary N) is 3. The lowest BCUT2D eigenvalue weighted by Crippen LogP contribution is -2.19. The summed E-state index contributed by atoms with van der Waals surface area (Å²) in [6.07, 6.45) is 7.97. The number of ether oxygens (including phenoxy) is 1. The lowest BCUT2D eigenvalue weighted by atomic mass is 10.0. The van der Waals surface area contributed by atoms with Crippen LogP contribution in [0.1, 0.15) is 43.3 Å². The summed E-state index contributed by atoms with van der Waals surface area (Å²) in [7, 11) is 1.92. The first-order valence-corrected chi connectivity index (χ1v) is 12.2. The highest BCUT2D eigenvalue weighted by Gasteiger charge is 2.25. The first kappa shape index (κ1) is 21.7. The Hall–Kier alpha value is -3.16. The van der Waals surface area contributed by atoms with Gasteiger partial charge in [0.2, 0.25) is 0 Å². The smallest absolute Gasteiger partial charge is 0.142 e. The van der Waals surface area contributed by atoms with E-state index >= 15 is 0 Å². The van der Waals surface area contributed by atoms with Gasteiger partial charge in [-0.25, -0.2) is 9.97 Å². The third kappa shape index (κ3) is 4.51. The number of fused-ring (bicyclic) bond motifs is 1. The molecule has 7 heteroatoms. The number of rotatable bonds is 8. The predicted molar refractivity (Wildman–Crippen MR) is 135 cm³/mol. The van der Waals surface area contributed by atoms with Crippen molar-refractivity contribution in [1.82, 2.24) is 20.3 Å². The van der Waals surface area contributed by atoms with Gasteiger partial charge in [-0.1, -0.05) is 18.2 Å². The monoisotopic (exact) mass is 459 g/mol. The maximum Gasteiger partial charge on any atom is 0.142 e. The quantitative estimate of drug-likeness (QED) is 0.310. The molecule has 0 saturated carbocycles. The van der Waals surface area contributed by atoms with E-state index in [-0.39, 0.29) is 6.10 Å². The van der Waals surface area contributed by atoms with Crippen molar-refractivity contribution >= 4 is 17.0 Å². The van der Waals surface area contributed by atoms with Crippen molar-refractivity contribution in [2.24, 2.45) is 0 Å². The molecule has 2 aromatic carbocycles. The summed E-state index contributed by atoms with van der Waals surface area (Å²) < 4.78 is 5.91. The second-order valence-electron chi connectivity index (χ2n) is 8.54. The molecular weight excluding hydrogens is 430 g/mol. The highest BCUT2D eigenvalue weighted by Crippen LogP contribution is 2.41. The number of imidazole rings is 1. The van der Waals surface area contributed by atoms with Crippen LogP contribution in [0.4, 0.5) is 5.69 Å². The van der Waals surface area contributed by atoms with Crippen LogP contribution in [0.3, 0.4) is 0 Å². The SMILES string of the molecule is CNc1cc(-c2ncc(-c3cccc4c3CCC4NCc3ncc[nH]3)s2)ccc1OC(C)C. The van der Waals surface area contributed by atoms with E-state index in [0.29, 0.717) is 6.04 Å². The molecule has 2 heterocycles. The lowest BCUT2D eigenvalue weighted by molar-refractivity contribution is 0.244. The number of thiazole rings is 1. The molecule has 1 atom stereocenters. The van der Waals surface area contributed by atoms with Crippen LogP contribution in [-0.2, 0) is 13.0 Å². The Morgan fingerprint density at radius 3 is 2.91 bits per heavy atom. The van der Waals surface area contributed by atoms with E-state index in [1.54, 1.807) is 17.5 Å². The molecule has 1 aliphatic carbocycles. The zero-order chi connectivity index (χ0) is 22.8. The third-order valence-corrected chi connectivity index (χ3v) is 7.05. The third-order valence-electron chi connectivity index (χ3n) is 5.97. The van der Waals surface area contributed by atoms with Crippen molar-refractivity contribution in [2.45, 2.75) is 45.4 Å². The van der Waals surface area contributed by atoms with Crippen molar-refractivity contribution in [3.8, 4) is 26.8 Å². The van der Waals surface area contributed by atoms with Crippen molar-refractivity contribution in [2.75, 3.05) is 12.4 Å². The number of aromatic nitrogens is 3. The van der Waals surface area contributed by atoms with Crippen molar-refractivity contribution in [3.05, 3.63) is 71.9 Å². The first-order chi connectivity index (χ1) is 16.1. The van der Waals surface area contributed by atoms with Gasteiger partial charge in [-0.05, 0) is 61.6 Å². The lowest BCUT2D eigenvalue weighted by Gasteiger charge is -2.14. The maximum absolute atomic E-state index is 5.91. The van der Waals surface area contributed by atoms with Crippen LogP contribution < -0.4 is 15.4 Å². The number of aromatic amines is 1. The van der Waals surface area contributed by atoms with E-state index in [2.05, 4.69) is 50.9 Å². The van der Waals surface area contributed by atoms with Crippen LogP contribution in [0.25, 0.3) is 21.0 Å². The molecule has 0 saturated heterocycles.